The quantitative estimate of drug-likeness (QED) is 0.102. The van der Waals surface area contributed by atoms with Crippen LogP contribution in [0.5, 0.6) is 0 Å². The van der Waals surface area contributed by atoms with E-state index in [-0.39, 0.29) is 36.7 Å². The lowest BCUT2D eigenvalue weighted by atomic mass is 9.97. The van der Waals surface area contributed by atoms with Crippen molar-refractivity contribution in [3.8, 4) is 11.1 Å². The first kappa shape index (κ1) is 40.0. The fourth-order valence-electron chi connectivity index (χ4n) is 6.63. The molecule has 12 nitrogen and oxygen atoms in total. The number of aliphatic hydroxyl groups is 1. The normalized spacial score (nSPS) is 17.6. The molecule has 1 aromatic heterocycles. The monoisotopic (exact) mass is 804 g/mol. The van der Waals surface area contributed by atoms with E-state index in [1.807, 2.05) is 110 Å². The minimum atomic E-state index is -3.98. The first-order valence-corrected chi connectivity index (χ1v) is 21.1. The Morgan fingerprint density at radius 1 is 0.877 bits per heavy atom. The number of tetrazole rings is 1. The average Bonchev–Trinajstić information content (AvgIpc) is 3.66. The number of hydrogen-bond donors (Lipinski definition) is 3. The predicted octanol–water partition coefficient (Wildman–Crippen LogP) is 6.22. The summed E-state index contributed by atoms with van der Waals surface area (Å²) in [5.41, 5.74) is 7.15. The van der Waals surface area contributed by atoms with Crippen molar-refractivity contribution in [1.29, 1.82) is 0 Å². The standard InChI is InChI=1S/C43H44N6O6S2/c1-29-12-22-37(23-13-29)57(52,53)46-39(24-30-8-4-3-5-9-30)41(51)44-26-35-10-6-7-11-38(35)32-18-20-34(21-19-32)42-54-36(28-56-43-45-47-48-49(43)2)25-40(55-42)33-16-14-31(27-50)15-17-33/h3-23,36,39-40,42,46,50H,24-28H2,1-2H3,(H,44,51). The van der Waals surface area contributed by atoms with Crippen LogP contribution in [-0.2, 0) is 50.9 Å². The number of carbonyl (C=O) groups excluding carboxylic acids is 1. The molecule has 57 heavy (non-hydrogen) atoms. The maximum atomic E-state index is 13.8. The molecule has 4 unspecified atom stereocenters. The third-order valence-corrected chi connectivity index (χ3v) is 12.4. The zero-order valence-electron chi connectivity index (χ0n) is 31.6. The summed E-state index contributed by atoms with van der Waals surface area (Å²) in [5, 5.41) is 25.0. The Labute approximate surface area is 336 Å². The van der Waals surface area contributed by atoms with E-state index < -0.39 is 28.3 Å². The summed E-state index contributed by atoms with van der Waals surface area (Å²) in [6.45, 7) is 2.03. The van der Waals surface area contributed by atoms with Crippen molar-refractivity contribution in [3.05, 3.63) is 161 Å². The maximum Gasteiger partial charge on any atom is 0.241 e. The number of aromatic nitrogens is 4. The number of nitrogens with zero attached hydrogens (tertiary/aromatic N) is 4. The number of carbonyl (C=O) groups is 1. The number of nitrogens with one attached hydrogen (secondary N) is 2. The molecule has 7 rings (SSSR count). The van der Waals surface area contributed by atoms with Gasteiger partial charge in [-0.05, 0) is 69.3 Å². The minimum Gasteiger partial charge on any atom is -0.392 e. The molecule has 0 radical (unpaired) electrons. The molecule has 0 saturated carbocycles. The number of sulfonamides is 1. The lowest BCUT2D eigenvalue weighted by Crippen LogP contribution is -2.47. The van der Waals surface area contributed by atoms with Crippen LogP contribution in [0.25, 0.3) is 11.1 Å². The molecule has 294 valence electrons. The van der Waals surface area contributed by atoms with Crippen molar-refractivity contribution in [2.24, 2.45) is 7.05 Å². The lowest BCUT2D eigenvalue weighted by molar-refractivity contribution is -0.245. The van der Waals surface area contributed by atoms with E-state index in [2.05, 4.69) is 25.6 Å². The summed E-state index contributed by atoms with van der Waals surface area (Å²) in [5.74, 6) is 0.186. The maximum absolute atomic E-state index is 13.8. The van der Waals surface area contributed by atoms with Crippen LogP contribution in [0.15, 0.2) is 137 Å². The first-order chi connectivity index (χ1) is 27.6. The largest absolute Gasteiger partial charge is 0.392 e. The van der Waals surface area contributed by atoms with Crippen molar-refractivity contribution in [2.75, 3.05) is 5.75 Å². The number of aliphatic hydroxyl groups excluding tert-OH is 1. The number of thioether (sulfide) groups is 1. The van der Waals surface area contributed by atoms with Gasteiger partial charge in [0.05, 0.1) is 23.7 Å². The summed E-state index contributed by atoms with van der Waals surface area (Å²) in [4.78, 5) is 13.9. The Kier molecular flexibility index (Phi) is 12.9. The smallest absolute Gasteiger partial charge is 0.241 e. The van der Waals surface area contributed by atoms with Crippen LogP contribution in [0.4, 0.5) is 0 Å². The van der Waals surface area contributed by atoms with Gasteiger partial charge in [-0.15, -0.1) is 5.10 Å². The summed E-state index contributed by atoms with van der Waals surface area (Å²) in [6.07, 6.45) is -0.236. The Morgan fingerprint density at radius 2 is 1.58 bits per heavy atom. The molecule has 1 saturated heterocycles. The summed E-state index contributed by atoms with van der Waals surface area (Å²) < 4.78 is 44.2. The molecule has 1 aliphatic heterocycles. The van der Waals surface area contributed by atoms with Gasteiger partial charge in [0, 0.05) is 31.3 Å². The second-order valence-electron chi connectivity index (χ2n) is 13.9. The van der Waals surface area contributed by atoms with E-state index in [0.717, 1.165) is 44.5 Å². The van der Waals surface area contributed by atoms with Crippen LogP contribution < -0.4 is 10.0 Å². The highest BCUT2D eigenvalue weighted by molar-refractivity contribution is 7.99. The van der Waals surface area contributed by atoms with Crippen LogP contribution in [0.2, 0.25) is 0 Å². The highest BCUT2D eigenvalue weighted by Gasteiger charge is 2.33. The molecule has 0 bridgehead atoms. The number of rotatable bonds is 15. The van der Waals surface area contributed by atoms with Crippen LogP contribution in [0.1, 0.15) is 52.2 Å². The lowest BCUT2D eigenvalue weighted by Gasteiger charge is -2.36. The second kappa shape index (κ2) is 18.4. The van der Waals surface area contributed by atoms with Crippen LogP contribution >= 0.6 is 11.8 Å². The van der Waals surface area contributed by atoms with Crippen molar-refractivity contribution in [2.45, 2.75) is 67.5 Å². The van der Waals surface area contributed by atoms with Gasteiger partial charge in [-0.2, -0.15) is 4.72 Å². The molecule has 0 aliphatic carbocycles. The van der Waals surface area contributed by atoms with Gasteiger partial charge in [0.25, 0.3) is 0 Å². The number of ether oxygens (including phenoxy) is 2. The molecular weight excluding hydrogens is 761 g/mol. The number of hydrogen-bond acceptors (Lipinski definition) is 10. The third kappa shape index (κ3) is 10.2. The highest BCUT2D eigenvalue weighted by atomic mass is 32.2. The van der Waals surface area contributed by atoms with E-state index in [1.165, 1.54) is 23.9 Å². The fraction of sp³-hybridized carbons (Fsp3) is 0.256. The van der Waals surface area contributed by atoms with Gasteiger partial charge >= 0.3 is 0 Å². The van der Waals surface area contributed by atoms with E-state index >= 15 is 0 Å². The van der Waals surface area contributed by atoms with Crippen LogP contribution in [0.3, 0.4) is 0 Å². The molecule has 6 aromatic rings. The van der Waals surface area contributed by atoms with Gasteiger partial charge in [-0.3, -0.25) is 4.79 Å². The van der Waals surface area contributed by atoms with Gasteiger partial charge in [-0.25, -0.2) is 13.1 Å². The predicted molar refractivity (Wildman–Crippen MR) is 217 cm³/mol. The molecule has 1 aliphatic rings. The Bertz CT molecular complexity index is 2360. The Hall–Kier alpha value is -5.22. The van der Waals surface area contributed by atoms with Crippen molar-refractivity contribution >= 4 is 27.7 Å². The number of benzene rings is 5. The van der Waals surface area contributed by atoms with Crippen LogP contribution in [0, 0.1) is 6.92 Å². The fourth-order valence-corrected chi connectivity index (χ4v) is 8.69. The Morgan fingerprint density at radius 3 is 2.28 bits per heavy atom. The van der Waals surface area contributed by atoms with Crippen LogP contribution in [-0.4, -0.2) is 57.5 Å². The molecule has 4 atom stereocenters. The molecule has 1 fully saturated rings. The summed E-state index contributed by atoms with van der Waals surface area (Å²) in [7, 11) is -2.18. The second-order valence-corrected chi connectivity index (χ2v) is 16.6. The van der Waals surface area contributed by atoms with E-state index in [0.29, 0.717) is 17.3 Å². The SMILES string of the molecule is Cc1ccc(S(=O)(=O)NC(Cc2ccccc2)C(=O)NCc2ccccc2-c2ccc(C3OC(CSc4nnnn4C)CC(c4ccc(CO)cc4)O3)cc2)cc1. The third-order valence-electron chi connectivity index (χ3n) is 9.79. The summed E-state index contributed by atoms with van der Waals surface area (Å²) in [6, 6.07) is 38.4. The zero-order chi connectivity index (χ0) is 39.8. The highest BCUT2D eigenvalue weighted by Crippen LogP contribution is 2.40. The molecule has 3 N–H and O–H groups in total. The molecule has 2 heterocycles. The van der Waals surface area contributed by atoms with Gasteiger partial charge < -0.3 is 19.9 Å². The van der Waals surface area contributed by atoms with Crippen molar-refractivity contribution < 1.29 is 27.8 Å². The molecular formula is C43H44N6O6S2. The van der Waals surface area contributed by atoms with Crippen molar-refractivity contribution in [3.63, 3.8) is 0 Å². The molecule has 0 spiro atoms. The Balaban J connectivity index is 1.07. The minimum absolute atomic E-state index is 0.0325. The zero-order valence-corrected chi connectivity index (χ0v) is 33.2. The number of amides is 1. The number of aryl methyl sites for hydroxylation is 2. The molecule has 5 aromatic carbocycles. The van der Waals surface area contributed by atoms with Gasteiger partial charge in [0.1, 0.15) is 6.04 Å². The van der Waals surface area contributed by atoms with E-state index in [4.69, 9.17) is 9.47 Å². The molecule has 1 amide bonds. The van der Waals surface area contributed by atoms with Gasteiger partial charge in [0.2, 0.25) is 21.1 Å². The van der Waals surface area contributed by atoms with E-state index in [1.54, 1.807) is 23.9 Å². The first-order valence-electron chi connectivity index (χ1n) is 18.6. The van der Waals surface area contributed by atoms with Gasteiger partial charge in [0.15, 0.2) is 6.29 Å². The summed E-state index contributed by atoms with van der Waals surface area (Å²) >= 11 is 1.52. The topological polar surface area (TPSA) is 158 Å². The average molecular weight is 805 g/mol. The van der Waals surface area contributed by atoms with Crippen molar-refractivity contribution in [1.82, 2.24) is 30.2 Å². The molecule has 14 heteroatoms. The van der Waals surface area contributed by atoms with Gasteiger partial charge in [-0.1, -0.05) is 133 Å². The van der Waals surface area contributed by atoms with E-state index in [9.17, 15) is 18.3 Å².